The molecule has 0 spiro atoms. The summed E-state index contributed by atoms with van der Waals surface area (Å²) < 4.78 is 15.3. The summed E-state index contributed by atoms with van der Waals surface area (Å²) in [5.74, 6) is 0.574. The van der Waals surface area contributed by atoms with Gasteiger partial charge in [-0.1, -0.05) is 12.1 Å². The summed E-state index contributed by atoms with van der Waals surface area (Å²) in [6.45, 7) is 4.15. The molecule has 2 aliphatic heterocycles. The Morgan fingerprint density at radius 1 is 1.30 bits per heavy atom. The number of carbonyl (C=O) groups excluding carboxylic acids is 1. The van der Waals surface area contributed by atoms with Crippen LogP contribution in [0.4, 0.5) is 4.39 Å². The summed E-state index contributed by atoms with van der Waals surface area (Å²) >= 11 is 0. The number of likely N-dealkylation sites (tertiary alicyclic amines) is 1. The highest BCUT2D eigenvalue weighted by atomic mass is 19.1. The minimum Gasteiger partial charge on any atom is -0.339 e. The summed E-state index contributed by atoms with van der Waals surface area (Å²) in [4.78, 5) is 14.7. The molecule has 0 bridgehead atoms. The third kappa shape index (κ3) is 3.61. The van der Waals surface area contributed by atoms with Crippen LogP contribution in [0.5, 0.6) is 0 Å². The summed E-state index contributed by atoms with van der Waals surface area (Å²) in [6.07, 6.45) is 3.68. The lowest BCUT2D eigenvalue weighted by atomic mass is 9.80. The second-order valence-corrected chi connectivity index (χ2v) is 7.64. The molecule has 0 radical (unpaired) electrons. The first kappa shape index (κ1) is 18.1. The average Bonchev–Trinajstić information content (AvgIpc) is 3.27. The number of carbonyl (C=O) groups is 1. The molecular weight excluding hydrogens is 345 g/mol. The highest BCUT2D eigenvalue weighted by molar-refractivity contribution is 5.95. The second-order valence-electron chi connectivity index (χ2n) is 7.64. The van der Waals surface area contributed by atoms with Crippen LogP contribution in [-0.4, -0.2) is 46.3 Å². The Balaban J connectivity index is 1.41. The van der Waals surface area contributed by atoms with E-state index in [-0.39, 0.29) is 23.7 Å². The molecule has 0 saturated carbocycles. The largest absolute Gasteiger partial charge is 0.339 e. The van der Waals surface area contributed by atoms with Crippen molar-refractivity contribution in [2.45, 2.75) is 31.7 Å². The maximum Gasteiger partial charge on any atom is 0.257 e. The van der Waals surface area contributed by atoms with Crippen molar-refractivity contribution in [3.05, 3.63) is 53.1 Å². The predicted octanol–water partition coefficient (Wildman–Crippen LogP) is 1.98. The van der Waals surface area contributed by atoms with Gasteiger partial charge in [0, 0.05) is 44.8 Å². The maximum absolute atomic E-state index is 13.6. The molecule has 2 aliphatic rings. The minimum atomic E-state index is -0.189. The fourth-order valence-corrected chi connectivity index (χ4v) is 4.46. The molecule has 2 N–H and O–H groups in total. The van der Waals surface area contributed by atoms with Crippen LogP contribution in [0.1, 0.15) is 40.4 Å². The molecule has 2 fully saturated rings. The Morgan fingerprint density at radius 2 is 2.07 bits per heavy atom. The van der Waals surface area contributed by atoms with Gasteiger partial charge in [-0.25, -0.2) is 4.39 Å². The van der Waals surface area contributed by atoms with Gasteiger partial charge >= 0.3 is 0 Å². The van der Waals surface area contributed by atoms with Crippen LogP contribution in [0.15, 0.2) is 30.5 Å². The van der Waals surface area contributed by atoms with Gasteiger partial charge in [0.05, 0.1) is 11.3 Å². The molecule has 2 atom stereocenters. The smallest absolute Gasteiger partial charge is 0.257 e. The van der Waals surface area contributed by atoms with Crippen molar-refractivity contribution in [1.29, 1.82) is 0 Å². The van der Waals surface area contributed by atoms with E-state index in [2.05, 4.69) is 16.0 Å². The van der Waals surface area contributed by atoms with E-state index in [0.717, 1.165) is 43.7 Å². The first-order chi connectivity index (χ1) is 13.0. The number of piperidine rings is 1. The quantitative estimate of drug-likeness (QED) is 0.866. The van der Waals surface area contributed by atoms with Gasteiger partial charge in [-0.15, -0.1) is 0 Å². The van der Waals surface area contributed by atoms with Crippen molar-refractivity contribution in [1.82, 2.24) is 25.5 Å². The molecule has 7 heteroatoms. The monoisotopic (exact) mass is 371 g/mol. The summed E-state index contributed by atoms with van der Waals surface area (Å²) in [7, 11) is 1.83. The van der Waals surface area contributed by atoms with Crippen LogP contribution in [0.3, 0.4) is 0 Å². The second kappa shape index (κ2) is 7.40. The topological polar surface area (TPSA) is 62.2 Å². The lowest BCUT2D eigenvalue weighted by Crippen LogP contribution is -2.45. The molecule has 2 unspecified atom stereocenters. The van der Waals surface area contributed by atoms with Crippen molar-refractivity contribution >= 4 is 5.91 Å². The zero-order valence-corrected chi connectivity index (χ0v) is 15.8. The summed E-state index contributed by atoms with van der Waals surface area (Å²) in [5, 5.41) is 4.28. The highest BCUT2D eigenvalue weighted by Crippen LogP contribution is 2.33. The molecule has 1 amide bonds. The van der Waals surface area contributed by atoms with Crippen LogP contribution in [0.25, 0.3) is 0 Å². The molecule has 1 aromatic heterocycles. The number of nitrogens with one attached hydrogen (secondary N) is 2. The van der Waals surface area contributed by atoms with Crippen LogP contribution in [0, 0.1) is 18.7 Å². The van der Waals surface area contributed by atoms with E-state index in [0.29, 0.717) is 11.5 Å². The Morgan fingerprint density at radius 3 is 2.74 bits per heavy atom. The van der Waals surface area contributed by atoms with E-state index in [4.69, 9.17) is 0 Å². The molecule has 4 rings (SSSR count). The van der Waals surface area contributed by atoms with Gasteiger partial charge in [0.25, 0.3) is 5.91 Å². The van der Waals surface area contributed by atoms with Gasteiger partial charge in [0.2, 0.25) is 0 Å². The van der Waals surface area contributed by atoms with Crippen molar-refractivity contribution < 1.29 is 9.18 Å². The van der Waals surface area contributed by atoms with Crippen molar-refractivity contribution in [3.63, 3.8) is 0 Å². The molecule has 3 heterocycles. The van der Waals surface area contributed by atoms with Crippen molar-refractivity contribution in [3.8, 4) is 0 Å². The summed E-state index contributed by atoms with van der Waals surface area (Å²) in [6, 6.07) is 7.15. The third-order valence-corrected chi connectivity index (χ3v) is 5.88. The molecular formula is C20H26FN5O. The molecule has 6 nitrogen and oxygen atoms in total. The van der Waals surface area contributed by atoms with Gasteiger partial charge in [-0.3, -0.25) is 20.3 Å². The first-order valence-electron chi connectivity index (χ1n) is 9.56. The zero-order valence-electron chi connectivity index (χ0n) is 15.8. The Kier molecular flexibility index (Phi) is 4.97. The van der Waals surface area contributed by atoms with Crippen LogP contribution in [0.2, 0.25) is 0 Å². The number of nitrogens with zero attached hydrogens (tertiary/aromatic N) is 3. The minimum absolute atomic E-state index is 0.0678. The van der Waals surface area contributed by atoms with E-state index in [1.807, 2.05) is 24.9 Å². The Hall–Kier alpha value is -2.25. The molecule has 0 aliphatic carbocycles. The average molecular weight is 371 g/mol. The van der Waals surface area contributed by atoms with Gasteiger partial charge in [0.1, 0.15) is 5.82 Å². The number of hydrogen-bond donors (Lipinski definition) is 2. The fraction of sp³-hybridized carbons (Fsp3) is 0.500. The van der Waals surface area contributed by atoms with E-state index in [1.165, 1.54) is 6.07 Å². The highest BCUT2D eigenvalue weighted by Gasteiger charge is 2.37. The molecule has 144 valence electrons. The van der Waals surface area contributed by atoms with Gasteiger partial charge in [-0.05, 0) is 43.4 Å². The lowest BCUT2D eigenvalue weighted by molar-refractivity contribution is 0.0669. The van der Waals surface area contributed by atoms with Gasteiger partial charge < -0.3 is 4.90 Å². The first-order valence-corrected chi connectivity index (χ1v) is 9.56. The standard InChI is InChI=1S/C20H26FN5O/c1-13-18(12-25(2)24-13)20(27)26-8-6-14(7-9-26)19-17(11-22-23-19)15-4-3-5-16(21)10-15/h3-5,10,12,14,17,19,22-23H,6-9,11H2,1-2H3. The van der Waals surface area contributed by atoms with E-state index >= 15 is 0 Å². The SMILES string of the molecule is Cc1nn(C)cc1C(=O)N1CCC(C2NNCC2c2cccc(F)c2)CC1. The number of rotatable bonds is 3. The number of aryl methyl sites for hydroxylation is 2. The molecule has 1 aromatic carbocycles. The Labute approximate surface area is 158 Å². The number of aromatic nitrogens is 2. The molecule has 2 saturated heterocycles. The van der Waals surface area contributed by atoms with E-state index in [9.17, 15) is 9.18 Å². The third-order valence-electron chi connectivity index (χ3n) is 5.88. The van der Waals surface area contributed by atoms with Crippen LogP contribution in [-0.2, 0) is 7.05 Å². The lowest BCUT2D eigenvalue weighted by Gasteiger charge is -2.36. The molecule has 2 aromatic rings. The van der Waals surface area contributed by atoms with Gasteiger partial charge in [0.15, 0.2) is 0 Å². The normalized spacial score (nSPS) is 23.7. The van der Waals surface area contributed by atoms with E-state index in [1.54, 1.807) is 23.0 Å². The number of halogens is 1. The summed E-state index contributed by atoms with van der Waals surface area (Å²) in [5.41, 5.74) is 9.13. The van der Waals surface area contributed by atoms with E-state index < -0.39 is 0 Å². The number of amides is 1. The zero-order chi connectivity index (χ0) is 19.0. The fourth-order valence-electron chi connectivity index (χ4n) is 4.46. The van der Waals surface area contributed by atoms with Crippen molar-refractivity contribution in [2.75, 3.05) is 19.6 Å². The molecule has 27 heavy (non-hydrogen) atoms. The predicted molar refractivity (Wildman–Crippen MR) is 101 cm³/mol. The van der Waals surface area contributed by atoms with Crippen LogP contribution >= 0.6 is 0 Å². The number of hydrogen-bond acceptors (Lipinski definition) is 4. The Bertz CT molecular complexity index is 828. The van der Waals surface area contributed by atoms with Gasteiger partial charge in [-0.2, -0.15) is 5.10 Å². The number of hydrazine groups is 1. The number of benzene rings is 1. The maximum atomic E-state index is 13.6. The van der Waals surface area contributed by atoms with Crippen molar-refractivity contribution in [2.24, 2.45) is 13.0 Å². The van der Waals surface area contributed by atoms with Crippen LogP contribution < -0.4 is 10.9 Å².